The van der Waals surface area contributed by atoms with Crippen molar-refractivity contribution in [3.8, 4) is 11.8 Å². The first-order valence-electron chi connectivity index (χ1n) is 6.70. The Hall–Kier alpha value is -1.36. The Labute approximate surface area is 128 Å². The fraction of sp³-hybridized carbons (Fsp3) is 0.500. The number of hydrogen-bond donors (Lipinski definition) is 2. The molecular formula is C14H17NO4S2. The van der Waals surface area contributed by atoms with E-state index in [0.29, 0.717) is 12.8 Å². The molecule has 5 nitrogen and oxygen atoms in total. The second kappa shape index (κ2) is 7.07. The number of amides is 1. The molecule has 21 heavy (non-hydrogen) atoms. The number of nitrogens with one attached hydrogen (secondary N) is 1. The molecule has 0 aliphatic carbocycles. The minimum atomic E-state index is -3.31. The highest BCUT2D eigenvalue weighted by molar-refractivity contribution is 7.92. The van der Waals surface area contributed by atoms with Crippen molar-refractivity contribution in [3.63, 3.8) is 0 Å². The fourth-order valence-electron chi connectivity index (χ4n) is 2.25. The molecule has 1 aromatic heterocycles. The molecule has 0 spiro atoms. The van der Waals surface area contributed by atoms with Gasteiger partial charge in [0.2, 0.25) is 5.91 Å². The van der Waals surface area contributed by atoms with Crippen molar-refractivity contribution < 1.29 is 18.3 Å². The topological polar surface area (TPSA) is 83.5 Å². The Morgan fingerprint density at radius 2 is 2.29 bits per heavy atom. The summed E-state index contributed by atoms with van der Waals surface area (Å²) in [4.78, 5) is 12.9. The average molecular weight is 327 g/mol. The third-order valence-corrected chi connectivity index (χ3v) is 6.44. The van der Waals surface area contributed by atoms with Gasteiger partial charge in [-0.15, -0.1) is 11.3 Å². The van der Waals surface area contributed by atoms with Gasteiger partial charge in [-0.05, 0) is 24.3 Å². The van der Waals surface area contributed by atoms with E-state index >= 15 is 0 Å². The van der Waals surface area contributed by atoms with Crippen molar-refractivity contribution >= 4 is 27.1 Å². The van der Waals surface area contributed by atoms with Crippen molar-refractivity contribution in [2.45, 2.75) is 31.1 Å². The van der Waals surface area contributed by atoms with E-state index in [4.69, 9.17) is 5.11 Å². The predicted octanol–water partition coefficient (Wildman–Crippen LogP) is 0.675. The van der Waals surface area contributed by atoms with E-state index in [1.165, 1.54) is 11.3 Å². The van der Waals surface area contributed by atoms with Crippen LogP contribution in [-0.2, 0) is 21.2 Å². The van der Waals surface area contributed by atoms with Crippen molar-refractivity contribution in [1.29, 1.82) is 0 Å². The lowest BCUT2D eigenvalue weighted by molar-refractivity contribution is -0.121. The quantitative estimate of drug-likeness (QED) is 0.800. The fourth-order valence-corrected chi connectivity index (χ4v) is 4.85. The highest BCUT2D eigenvalue weighted by atomic mass is 32.2. The van der Waals surface area contributed by atoms with E-state index in [0.717, 1.165) is 16.9 Å². The third-order valence-electron chi connectivity index (χ3n) is 3.34. The molecule has 2 N–H and O–H groups in total. The molecule has 1 fully saturated rings. The largest absolute Gasteiger partial charge is 0.384 e. The standard InChI is InChI=1S/C14H17NO4S2/c16-7-3-4-11-6-8-20-12(11)10-15-14(17)13-5-1-2-9-21(13,18)19/h6,8,13,16H,1-2,5,7,9-10H2,(H,15,17). The highest BCUT2D eigenvalue weighted by Gasteiger charge is 2.34. The van der Waals surface area contributed by atoms with Crippen molar-refractivity contribution in [2.75, 3.05) is 12.4 Å². The second-order valence-electron chi connectivity index (χ2n) is 4.79. The maximum atomic E-state index is 12.1. The Kier molecular flexibility index (Phi) is 5.39. The van der Waals surface area contributed by atoms with Gasteiger partial charge in [-0.1, -0.05) is 18.3 Å². The van der Waals surface area contributed by atoms with Gasteiger partial charge in [0.05, 0.1) is 12.3 Å². The van der Waals surface area contributed by atoms with Crippen LogP contribution in [0.25, 0.3) is 0 Å². The molecule has 1 atom stereocenters. The zero-order valence-electron chi connectivity index (χ0n) is 11.5. The molecular weight excluding hydrogens is 310 g/mol. The molecule has 0 radical (unpaired) electrons. The van der Waals surface area contributed by atoms with E-state index in [1.54, 1.807) is 0 Å². The van der Waals surface area contributed by atoms with Crippen LogP contribution in [0.3, 0.4) is 0 Å². The maximum Gasteiger partial charge on any atom is 0.238 e. The molecule has 0 saturated carbocycles. The Balaban J connectivity index is 2.00. The van der Waals surface area contributed by atoms with E-state index in [1.807, 2.05) is 11.4 Å². The first kappa shape index (κ1) is 16.0. The first-order valence-corrected chi connectivity index (χ1v) is 9.29. The summed E-state index contributed by atoms with van der Waals surface area (Å²) in [6, 6.07) is 1.81. The summed E-state index contributed by atoms with van der Waals surface area (Å²) in [5.74, 6) is 5.03. The number of carbonyl (C=O) groups excluding carboxylic acids is 1. The molecule has 1 aromatic rings. The summed E-state index contributed by atoms with van der Waals surface area (Å²) in [5, 5.41) is 12.3. The van der Waals surface area contributed by atoms with E-state index in [9.17, 15) is 13.2 Å². The van der Waals surface area contributed by atoms with Crippen LogP contribution in [0.5, 0.6) is 0 Å². The van der Waals surface area contributed by atoms with Gasteiger partial charge >= 0.3 is 0 Å². The van der Waals surface area contributed by atoms with Crippen LogP contribution < -0.4 is 5.32 Å². The smallest absolute Gasteiger partial charge is 0.238 e. The van der Waals surface area contributed by atoms with Gasteiger partial charge in [-0.25, -0.2) is 8.42 Å². The van der Waals surface area contributed by atoms with Crippen molar-refractivity contribution in [1.82, 2.24) is 5.32 Å². The van der Waals surface area contributed by atoms with Crippen LogP contribution in [-0.4, -0.2) is 37.0 Å². The Bertz CT molecular complexity index is 667. The number of aliphatic hydroxyl groups excluding tert-OH is 1. The highest BCUT2D eigenvalue weighted by Crippen LogP contribution is 2.20. The SMILES string of the molecule is O=C(NCc1sccc1C#CCO)C1CCCCS1(=O)=O. The maximum absolute atomic E-state index is 12.1. The van der Waals surface area contributed by atoms with Gasteiger partial charge in [-0.3, -0.25) is 4.79 Å². The Morgan fingerprint density at radius 1 is 1.48 bits per heavy atom. The summed E-state index contributed by atoms with van der Waals surface area (Å²) in [6.45, 7) is 0.0416. The van der Waals surface area contributed by atoms with E-state index < -0.39 is 21.0 Å². The molecule has 0 aromatic carbocycles. The van der Waals surface area contributed by atoms with Gasteiger partial charge < -0.3 is 10.4 Å². The van der Waals surface area contributed by atoms with Gasteiger partial charge in [0.15, 0.2) is 9.84 Å². The molecule has 0 bridgehead atoms. The third kappa shape index (κ3) is 4.06. The number of carbonyl (C=O) groups is 1. The van der Waals surface area contributed by atoms with Crippen molar-refractivity contribution in [3.05, 3.63) is 21.9 Å². The predicted molar refractivity (Wildman–Crippen MR) is 81.6 cm³/mol. The number of thiophene rings is 1. The zero-order chi connectivity index (χ0) is 15.3. The Morgan fingerprint density at radius 3 is 3.00 bits per heavy atom. The molecule has 1 saturated heterocycles. The van der Waals surface area contributed by atoms with Crippen LogP contribution in [0.15, 0.2) is 11.4 Å². The van der Waals surface area contributed by atoms with Gasteiger partial charge in [0.1, 0.15) is 11.9 Å². The minimum absolute atomic E-state index is 0.0946. The number of hydrogen-bond acceptors (Lipinski definition) is 5. The van der Waals surface area contributed by atoms with Crippen LogP contribution in [0.1, 0.15) is 29.7 Å². The van der Waals surface area contributed by atoms with Gasteiger partial charge in [-0.2, -0.15) is 0 Å². The summed E-state index contributed by atoms with van der Waals surface area (Å²) >= 11 is 1.44. The summed E-state index contributed by atoms with van der Waals surface area (Å²) in [6.07, 6.45) is 1.80. The number of sulfone groups is 1. The molecule has 1 unspecified atom stereocenters. The van der Waals surface area contributed by atoms with Crippen LogP contribution in [0, 0.1) is 11.8 Å². The summed E-state index contributed by atoms with van der Waals surface area (Å²) in [5.41, 5.74) is 0.751. The van der Waals surface area contributed by atoms with Gasteiger partial charge in [0.25, 0.3) is 0 Å². The van der Waals surface area contributed by atoms with Gasteiger partial charge in [0, 0.05) is 10.4 Å². The lowest BCUT2D eigenvalue weighted by atomic mass is 10.2. The van der Waals surface area contributed by atoms with E-state index in [2.05, 4.69) is 17.2 Å². The molecule has 1 aliphatic rings. The van der Waals surface area contributed by atoms with Crippen LogP contribution >= 0.6 is 11.3 Å². The van der Waals surface area contributed by atoms with Crippen LogP contribution in [0.4, 0.5) is 0 Å². The molecule has 2 heterocycles. The zero-order valence-corrected chi connectivity index (χ0v) is 13.1. The molecule has 1 amide bonds. The van der Waals surface area contributed by atoms with Crippen LogP contribution in [0.2, 0.25) is 0 Å². The molecule has 1 aliphatic heterocycles. The van der Waals surface area contributed by atoms with E-state index in [-0.39, 0.29) is 18.9 Å². The molecule has 114 valence electrons. The van der Waals surface area contributed by atoms with Crippen molar-refractivity contribution in [2.24, 2.45) is 0 Å². The lowest BCUT2D eigenvalue weighted by Gasteiger charge is -2.21. The normalized spacial score (nSPS) is 20.3. The first-order chi connectivity index (χ1) is 10.0. The monoisotopic (exact) mass is 327 g/mol. The summed E-state index contributed by atoms with van der Waals surface area (Å²) in [7, 11) is -3.31. The summed E-state index contributed by atoms with van der Waals surface area (Å²) < 4.78 is 23.8. The lowest BCUT2D eigenvalue weighted by Crippen LogP contribution is -2.42. The molecule has 2 rings (SSSR count). The number of rotatable bonds is 3. The number of aliphatic hydroxyl groups is 1. The molecule has 7 heteroatoms. The average Bonchev–Trinajstić information content (AvgIpc) is 2.89. The second-order valence-corrected chi connectivity index (χ2v) is 8.09. The minimum Gasteiger partial charge on any atom is -0.384 e.